The van der Waals surface area contributed by atoms with Crippen molar-refractivity contribution in [2.24, 2.45) is 0 Å². The number of benzene rings is 1. The Hall–Kier alpha value is -3.17. The van der Waals surface area contributed by atoms with Crippen LogP contribution in [0.15, 0.2) is 47.1 Å². The van der Waals surface area contributed by atoms with E-state index >= 15 is 0 Å². The Labute approximate surface area is 177 Å². The number of hydrazine groups is 1. The summed E-state index contributed by atoms with van der Waals surface area (Å²) < 4.78 is 5.05. The summed E-state index contributed by atoms with van der Waals surface area (Å²) >= 11 is 10.9. The first-order valence-electron chi connectivity index (χ1n) is 8.51. The van der Waals surface area contributed by atoms with Gasteiger partial charge < -0.3 is 9.73 Å². The Kier molecular flexibility index (Phi) is 8.38. The number of furan rings is 1. The maximum absolute atomic E-state index is 12.0. The van der Waals surface area contributed by atoms with Crippen molar-refractivity contribution in [3.05, 3.63) is 59.0 Å². The molecule has 0 aliphatic heterocycles. The van der Waals surface area contributed by atoms with Crippen molar-refractivity contribution >= 4 is 58.4 Å². The quantitative estimate of drug-likeness (QED) is 0.316. The molecule has 0 atom stereocenters. The fourth-order valence-corrected chi connectivity index (χ4v) is 2.43. The fourth-order valence-electron chi connectivity index (χ4n) is 2.10. The predicted molar refractivity (Wildman–Crippen MR) is 114 cm³/mol. The Morgan fingerprint density at radius 2 is 1.86 bits per heavy atom. The Morgan fingerprint density at radius 1 is 1.10 bits per heavy atom. The smallest absolute Gasteiger partial charge is 0.250 e. The van der Waals surface area contributed by atoms with Gasteiger partial charge >= 0.3 is 0 Å². The molecule has 0 bridgehead atoms. The summed E-state index contributed by atoms with van der Waals surface area (Å²) in [5.74, 6) is -0.779. The van der Waals surface area contributed by atoms with Gasteiger partial charge in [0, 0.05) is 29.6 Å². The third-order valence-electron chi connectivity index (χ3n) is 3.62. The number of halogens is 1. The van der Waals surface area contributed by atoms with E-state index in [1.54, 1.807) is 37.3 Å². The van der Waals surface area contributed by atoms with E-state index in [1.165, 1.54) is 18.4 Å². The van der Waals surface area contributed by atoms with Gasteiger partial charge in [-0.3, -0.25) is 30.6 Å². The van der Waals surface area contributed by atoms with E-state index in [0.29, 0.717) is 16.5 Å². The molecule has 1 aromatic carbocycles. The maximum Gasteiger partial charge on any atom is 0.250 e. The average Bonchev–Trinajstić information content (AvgIpc) is 3.20. The monoisotopic (exact) mass is 434 g/mol. The number of thiocarbonyl (C=S) groups is 1. The van der Waals surface area contributed by atoms with Crippen LogP contribution in [0, 0.1) is 6.92 Å². The molecule has 1 aromatic heterocycles. The minimum absolute atomic E-state index is 0.0372. The van der Waals surface area contributed by atoms with Crippen LogP contribution in [0.1, 0.15) is 24.2 Å². The van der Waals surface area contributed by atoms with Crippen LogP contribution in [-0.4, -0.2) is 22.8 Å². The van der Waals surface area contributed by atoms with Crippen molar-refractivity contribution in [1.82, 2.24) is 16.2 Å². The Balaban J connectivity index is 1.67. The molecule has 10 heteroatoms. The standard InChI is InChI=1S/C19H19ClN4O4S/c1-12-14(20)5-2-6-15(12)21-16(25)9-10-18(27)23-24-19(29)22-17(26)8-7-13-4-3-11-28-13/h2-8,11H,9-10H2,1H3,(H,21,25)(H,23,27)(H2,22,24,26,29). The average molecular weight is 435 g/mol. The van der Waals surface area contributed by atoms with Crippen LogP contribution in [0.2, 0.25) is 5.02 Å². The van der Waals surface area contributed by atoms with Crippen molar-refractivity contribution in [2.45, 2.75) is 19.8 Å². The first-order chi connectivity index (χ1) is 13.8. The van der Waals surface area contributed by atoms with Gasteiger partial charge in [0.05, 0.1) is 6.26 Å². The summed E-state index contributed by atoms with van der Waals surface area (Å²) in [4.78, 5) is 35.5. The van der Waals surface area contributed by atoms with Gasteiger partial charge in [0.2, 0.25) is 17.7 Å². The minimum Gasteiger partial charge on any atom is -0.465 e. The lowest BCUT2D eigenvalue weighted by Crippen LogP contribution is -2.48. The van der Waals surface area contributed by atoms with Gasteiger partial charge in [-0.2, -0.15) is 0 Å². The molecule has 0 spiro atoms. The molecule has 1 heterocycles. The zero-order valence-corrected chi connectivity index (χ0v) is 17.0. The molecule has 8 nitrogen and oxygen atoms in total. The number of anilines is 1. The topological polar surface area (TPSA) is 112 Å². The fraction of sp³-hybridized carbons (Fsp3) is 0.158. The van der Waals surface area contributed by atoms with Crippen LogP contribution < -0.4 is 21.5 Å². The first kappa shape index (κ1) is 22.1. The van der Waals surface area contributed by atoms with E-state index in [9.17, 15) is 14.4 Å². The summed E-state index contributed by atoms with van der Waals surface area (Å²) in [5.41, 5.74) is 6.04. The zero-order chi connectivity index (χ0) is 21.2. The molecule has 0 radical (unpaired) electrons. The summed E-state index contributed by atoms with van der Waals surface area (Å²) in [7, 11) is 0. The number of nitrogens with one attached hydrogen (secondary N) is 4. The number of amides is 3. The molecule has 3 amide bonds. The summed E-state index contributed by atoms with van der Waals surface area (Å²) in [5, 5.41) is 5.50. The van der Waals surface area contributed by atoms with Gasteiger partial charge in [0.25, 0.3) is 0 Å². The lowest BCUT2D eigenvalue weighted by molar-refractivity contribution is -0.124. The number of carbonyl (C=O) groups excluding carboxylic acids is 3. The third-order valence-corrected chi connectivity index (χ3v) is 4.23. The Bertz CT molecular complexity index is 928. The molecule has 2 aromatic rings. The molecule has 0 unspecified atom stereocenters. The molecule has 0 aliphatic rings. The van der Waals surface area contributed by atoms with E-state index < -0.39 is 11.8 Å². The number of hydrogen-bond donors (Lipinski definition) is 4. The summed E-state index contributed by atoms with van der Waals surface area (Å²) in [6.07, 6.45) is 4.07. The van der Waals surface area contributed by atoms with Gasteiger partial charge in [-0.15, -0.1) is 0 Å². The highest BCUT2D eigenvalue weighted by molar-refractivity contribution is 7.80. The van der Waals surface area contributed by atoms with Crippen molar-refractivity contribution in [1.29, 1.82) is 0 Å². The SMILES string of the molecule is Cc1c(Cl)cccc1NC(=O)CCC(=O)NNC(=S)NC(=O)C=Cc1ccco1. The highest BCUT2D eigenvalue weighted by Crippen LogP contribution is 2.23. The van der Waals surface area contributed by atoms with Crippen molar-refractivity contribution in [3.8, 4) is 0 Å². The Morgan fingerprint density at radius 3 is 2.59 bits per heavy atom. The molecule has 0 saturated heterocycles. The van der Waals surface area contributed by atoms with E-state index in [1.807, 2.05) is 0 Å². The number of hydrogen-bond acceptors (Lipinski definition) is 5. The second kappa shape index (κ2) is 11.0. The van der Waals surface area contributed by atoms with Gasteiger partial charge in [-0.05, 0) is 55.0 Å². The van der Waals surface area contributed by atoms with Crippen LogP contribution in [0.3, 0.4) is 0 Å². The molecule has 0 aliphatic carbocycles. The summed E-state index contributed by atoms with van der Waals surface area (Å²) in [6.45, 7) is 1.79. The zero-order valence-electron chi connectivity index (χ0n) is 15.5. The van der Waals surface area contributed by atoms with Crippen molar-refractivity contribution in [2.75, 3.05) is 5.32 Å². The van der Waals surface area contributed by atoms with Crippen LogP contribution >= 0.6 is 23.8 Å². The van der Waals surface area contributed by atoms with Gasteiger partial charge in [-0.1, -0.05) is 17.7 Å². The molecule has 152 valence electrons. The number of rotatable bonds is 6. The van der Waals surface area contributed by atoms with Gasteiger partial charge in [0.15, 0.2) is 5.11 Å². The van der Waals surface area contributed by atoms with Crippen LogP contribution in [0.25, 0.3) is 6.08 Å². The lowest BCUT2D eigenvalue weighted by atomic mass is 10.2. The molecule has 4 N–H and O–H groups in total. The minimum atomic E-state index is -0.496. The van der Waals surface area contributed by atoms with Crippen LogP contribution in [-0.2, 0) is 14.4 Å². The van der Waals surface area contributed by atoms with E-state index in [0.717, 1.165) is 5.56 Å². The molecule has 2 rings (SSSR count). The van der Waals surface area contributed by atoms with Crippen LogP contribution in [0.5, 0.6) is 0 Å². The van der Waals surface area contributed by atoms with Gasteiger partial charge in [0.1, 0.15) is 5.76 Å². The summed E-state index contributed by atoms with van der Waals surface area (Å²) in [6, 6.07) is 8.54. The predicted octanol–water partition coefficient (Wildman–Crippen LogP) is 2.70. The third kappa shape index (κ3) is 7.76. The van der Waals surface area contributed by atoms with E-state index in [4.69, 9.17) is 28.2 Å². The second-order valence-corrected chi connectivity index (χ2v) is 6.62. The lowest BCUT2D eigenvalue weighted by Gasteiger charge is -2.11. The highest BCUT2D eigenvalue weighted by atomic mass is 35.5. The molecule has 29 heavy (non-hydrogen) atoms. The molecule has 0 fully saturated rings. The van der Waals surface area contributed by atoms with Gasteiger partial charge in [-0.25, -0.2) is 0 Å². The number of carbonyl (C=O) groups is 3. The highest BCUT2D eigenvalue weighted by Gasteiger charge is 2.10. The van der Waals surface area contributed by atoms with Crippen molar-refractivity contribution < 1.29 is 18.8 Å². The van der Waals surface area contributed by atoms with Crippen LogP contribution in [0.4, 0.5) is 5.69 Å². The molecular formula is C19H19ClN4O4S. The van der Waals surface area contributed by atoms with E-state index in [-0.39, 0.29) is 23.9 Å². The van der Waals surface area contributed by atoms with Crippen molar-refractivity contribution in [3.63, 3.8) is 0 Å². The molecular weight excluding hydrogens is 416 g/mol. The second-order valence-electron chi connectivity index (χ2n) is 5.80. The normalized spacial score (nSPS) is 10.4. The first-order valence-corrected chi connectivity index (χ1v) is 9.30. The maximum atomic E-state index is 12.0. The molecule has 0 saturated carbocycles. The largest absolute Gasteiger partial charge is 0.465 e. The van der Waals surface area contributed by atoms with E-state index in [2.05, 4.69) is 21.5 Å².